The van der Waals surface area contributed by atoms with Crippen molar-refractivity contribution in [2.45, 2.75) is 45.1 Å². The fourth-order valence-corrected chi connectivity index (χ4v) is 2.76. The maximum atomic E-state index is 11.6. The zero-order valence-electron chi connectivity index (χ0n) is 11.9. The van der Waals surface area contributed by atoms with Crippen LogP contribution in [-0.4, -0.2) is 19.0 Å². The SMILES string of the molecule is CCCNC(=O)CNC1CCC(C)c2ccccc21. The monoisotopic (exact) mass is 260 g/mol. The molecule has 2 rings (SSSR count). The quantitative estimate of drug-likeness (QED) is 0.854. The molecule has 1 aliphatic rings. The second kappa shape index (κ2) is 6.71. The number of carbonyl (C=O) groups is 1. The van der Waals surface area contributed by atoms with Gasteiger partial charge in [-0.3, -0.25) is 4.79 Å². The lowest BCUT2D eigenvalue weighted by molar-refractivity contribution is -0.120. The molecule has 0 fully saturated rings. The van der Waals surface area contributed by atoms with E-state index >= 15 is 0 Å². The van der Waals surface area contributed by atoms with E-state index < -0.39 is 0 Å². The Labute approximate surface area is 115 Å². The zero-order chi connectivity index (χ0) is 13.7. The minimum Gasteiger partial charge on any atom is -0.355 e. The van der Waals surface area contributed by atoms with Crippen LogP contribution < -0.4 is 10.6 Å². The van der Waals surface area contributed by atoms with Crippen molar-refractivity contribution in [1.82, 2.24) is 10.6 Å². The summed E-state index contributed by atoms with van der Waals surface area (Å²) in [6.45, 7) is 5.52. The Morgan fingerprint density at radius 1 is 1.26 bits per heavy atom. The van der Waals surface area contributed by atoms with E-state index in [4.69, 9.17) is 0 Å². The highest BCUT2D eigenvalue weighted by Crippen LogP contribution is 2.36. The van der Waals surface area contributed by atoms with Crippen LogP contribution in [0, 0.1) is 0 Å². The molecule has 0 saturated carbocycles. The molecular formula is C16H24N2O. The summed E-state index contributed by atoms with van der Waals surface area (Å²) in [4.78, 5) is 11.6. The minimum atomic E-state index is 0.0953. The van der Waals surface area contributed by atoms with Crippen molar-refractivity contribution in [2.24, 2.45) is 0 Å². The van der Waals surface area contributed by atoms with Gasteiger partial charge in [-0.05, 0) is 36.3 Å². The molecule has 2 unspecified atom stereocenters. The molecule has 0 aliphatic heterocycles. The number of benzene rings is 1. The zero-order valence-corrected chi connectivity index (χ0v) is 11.9. The van der Waals surface area contributed by atoms with Crippen molar-refractivity contribution in [2.75, 3.05) is 13.1 Å². The fraction of sp³-hybridized carbons (Fsp3) is 0.562. The predicted octanol–water partition coefficient (Wildman–Crippen LogP) is 2.74. The molecule has 3 heteroatoms. The standard InChI is InChI=1S/C16H24N2O/c1-3-10-17-16(19)11-18-15-9-8-12(2)13-6-4-5-7-14(13)15/h4-7,12,15,18H,3,8-11H2,1-2H3,(H,17,19). The first-order chi connectivity index (χ1) is 9.22. The molecule has 0 heterocycles. The summed E-state index contributed by atoms with van der Waals surface area (Å²) in [5, 5.41) is 6.30. The lowest BCUT2D eigenvalue weighted by atomic mass is 9.81. The van der Waals surface area contributed by atoms with Crippen molar-refractivity contribution in [3.63, 3.8) is 0 Å². The van der Waals surface area contributed by atoms with Gasteiger partial charge in [-0.15, -0.1) is 0 Å². The average molecular weight is 260 g/mol. The van der Waals surface area contributed by atoms with E-state index in [0.717, 1.165) is 19.4 Å². The molecule has 1 aliphatic carbocycles. The first-order valence-electron chi connectivity index (χ1n) is 7.31. The third-order valence-corrected chi connectivity index (χ3v) is 3.87. The summed E-state index contributed by atoms with van der Waals surface area (Å²) in [7, 11) is 0. The number of carbonyl (C=O) groups excluding carboxylic acids is 1. The van der Waals surface area contributed by atoms with E-state index in [-0.39, 0.29) is 5.91 Å². The first kappa shape index (κ1) is 14.1. The highest BCUT2D eigenvalue weighted by Gasteiger charge is 2.24. The van der Waals surface area contributed by atoms with Crippen LogP contribution in [-0.2, 0) is 4.79 Å². The Kier molecular flexibility index (Phi) is 4.97. The number of hydrogen-bond donors (Lipinski definition) is 2. The van der Waals surface area contributed by atoms with Gasteiger partial charge >= 0.3 is 0 Å². The molecule has 2 atom stereocenters. The van der Waals surface area contributed by atoms with Crippen LogP contribution in [0.2, 0.25) is 0 Å². The molecule has 1 aromatic rings. The lowest BCUT2D eigenvalue weighted by Crippen LogP contribution is -2.37. The Balaban J connectivity index is 1.95. The van der Waals surface area contributed by atoms with Gasteiger partial charge in [0.15, 0.2) is 0 Å². The number of amides is 1. The van der Waals surface area contributed by atoms with Gasteiger partial charge in [0.1, 0.15) is 0 Å². The smallest absolute Gasteiger partial charge is 0.233 e. The number of fused-ring (bicyclic) bond motifs is 1. The van der Waals surface area contributed by atoms with E-state index in [1.54, 1.807) is 0 Å². The summed E-state index contributed by atoms with van der Waals surface area (Å²) in [6, 6.07) is 8.91. The molecule has 3 nitrogen and oxygen atoms in total. The van der Waals surface area contributed by atoms with Crippen LogP contribution in [0.5, 0.6) is 0 Å². The first-order valence-corrected chi connectivity index (χ1v) is 7.31. The van der Waals surface area contributed by atoms with Crippen molar-refractivity contribution in [1.29, 1.82) is 0 Å². The molecule has 0 aromatic heterocycles. The number of rotatable bonds is 5. The summed E-state index contributed by atoms with van der Waals surface area (Å²) in [5.74, 6) is 0.723. The predicted molar refractivity (Wildman–Crippen MR) is 78.1 cm³/mol. The van der Waals surface area contributed by atoms with Crippen LogP contribution in [0.15, 0.2) is 24.3 Å². The summed E-state index contributed by atoms with van der Waals surface area (Å²) < 4.78 is 0. The van der Waals surface area contributed by atoms with Crippen LogP contribution in [0.1, 0.15) is 56.2 Å². The van der Waals surface area contributed by atoms with Crippen LogP contribution in [0.4, 0.5) is 0 Å². The highest BCUT2D eigenvalue weighted by molar-refractivity contribution is 5.78. The van der Waals surface area contributed by atoms with Gasteiger partial charge in [0.2, 0.25) is 5.91 Å². The minimum absolute atomic E-state index is 0.0953. The Hall–Kier alpha value is -1.35. The topological polar surface area (TPSA) is 41.1 Å². The maximum Gasteiger partial charge on any atom is 0.233 e. The maximum absolute atomic E-state index is 11.6. The third-order valence-electron chi connectivity index (χ3n) is 3.87. The Bertz CT molecular complexity index is 431. The van der Waals surface area contributed by atoms with Gasteiger partial charge < -0.3 is 10.6 Å². The number of hydrogen-bond acceptors (Lipinski definition) is 2. The van der Waals surface area contributed by atoms with E-state index in [2.05, 4.69) is 48.7 Å². The molecule has 0 saturated heterocycles. The lowest BCUT2D eigenvalue weighted by Gasteiger charge is -2.30. The van der Waals surface area contributed by atoms with Gasteiger partial charge in [0, 0.05) is 12.6 Å². The van der Waals surface area contributed by atoms with Crippen molar-refractivity contribution >= 4 is 5.91 Å². The van der Waals surface area contributed by atoms with Gasteiger partial charge in [-0.1, -0.05) is 38.1 Å². The van der Waals surface area contributed by atoms with E-state index in [0.29, 0.717) is 18.5 Å². The molecule has 1 amide bonds. The number of nitrogens with one attached hydrogen (secondary N) is 2. The van der Waals surface area contributed by atoms with Crippen LogP contribution in [0.3, 0.4) is 0 Å². The molecule has 0 radical (unpaired) electrons. The average Bonchev–Trinajstić information content (AvgIpc) is 2.45. The summed E-state index contributed by atoms with van der Waals surface area (Å²) in [5.41, 5.74) is 2.80. The Morgan fingerprint density at radius 3 is 2.74 bits per heavy atom. The van der Waals surface area contributed by atoms with E-state index in [1.165, 1.54) is 17.5 Å². The van der Waals surface area contributed by atoms with Gasteiger partial charge in [-0.25, -0.2) is 0 Å². The molecule has 0 bridgehead atoms. The van der Waals surface area contributed by atoms with Gasteiger partial charge in [0.25, 0.3) is 0 Å². The summed E-state index contributed by atoms with van der Waals surface area (Å²) in [6.07, 6.45) is 3.28. The second-order valence-electron chi connectivity index (χ2n) is 5.39. The van der Waals surface area contributed by atoms with E-state index in [1.807, 2.05) is 0 Å². The molecule has 1 aromatic carbocycles. The largest absolute Gasteiger partial charge is 0.355 e. The van der Waals surface area contributed by atoms with Gasteiger partial charge in [0.05, 0.1) is 6.54 Å². The van der Waals surface area contributed by atoms with E-state index in [9.17, 15) is 4.79 Å². The molecule has 2 N–H and O–H groups in total. The molecule has 19 heavy (non-hydrogen) atoms. The molecule has 104 valence electrons. The van der Waals surface area contributed by atoms with Crippen LogP contribution in [0.25, 0.3) is 0 Å². The summed E-state index contributed by atoms with van der Waals surface area (Å²) >= 11 is 0. The van der Waals surface area contributed by atoms with Gasteiger partial charge in [-0.2, -0.15) is 0 Å². The van der Waals surface area contributed by atoms with Crippen LogP contribution >= 0.6 is 0 Å². The Morgan fingerprint density at radius 2 is 2.00 bits per heavy atom. The normalized spacial score (nSPS) is 21.8. The highest BCUT2D eigenvalue weighted by atomic mass is 16.1. The molecular weight excluding hydrogens is 236 g/mol. The molecule has 0 spiro atoms. The van der Waals surface area contributed by atoms with Crippen molar-refractivity contribution in [3.8, 4) is 0 Å². The van der Waals surface area contributed by atoms with Crippen molar-refractivity contribution in [3.05, 3.63) is 35.4 Å². The second-order valence-corrected chi connectivity index (χ2v) is 5.39. The fourth-order valence-electron chi connectivity index (χ4n) is 2.76. The third kappa shape index (κ3) is 3.57. The van der Waals surface area contributed by atoms with Crippen molar-refractivity contribution < 1.29 is 4.79 Å².